The Hall–Kier alpha value is -1.02. The highest BCUT2D eigenvalue weighted by Crippen LogP contribution is 2.24. The van der Waals surface area contributed by atoms with Gasteiger partial charge in [0.25, 0.3) is 0 Å². The fourth-order valence-corrected chi connectivity index (χ4v) is 2.14. The number of hydrogen-bond donors (Lipinski definition) is 1. The van der Waals surface area contributed by atoms with Crippen LogP contribution in [0.4, 0.5) is 0 Å². The molecule has 2 nitrogen and oxygen atoms in total. The molecule has 82 valence electrons. The lowest BCUT2D eigenvalue weighted by Gasteiger charge is -2.23. The normalized spacial score (nSPS) is 21.3. The van der Waals surface area contributed by atoms with Gasteiger partial charge in [-0.1, -0.05) is 12.1 Å². The predicted octanol–water partition coefficient (Wildman–Crippen LogP) is 2.55. The molecule has 2 heteroatoms. The van der Waals surface area contributed by atoms with Crippen molar-refractivity contribution in [3.05, 3.63) is 29.8 Å². The molecule has 0 spiro atoms. The van der Waals surface area contributed by atoms with Crippen LogP contribution in [0.25, 0.3) is 0 Å². The van der Waals surface area contributed by atoms with Gasteiger partial charge in [0.15, 0.2) is 0 Å². The standard InChI is InChI=1S/C13H19NO/c1-2-15-13-7-5-11(6-8-13)12-4-3-9-14-10-12/h5-8,12,14H,2-4,9-10H2,1H3. The zero-order valence-corrected chi connectivity index (χ0v) is 9.33. The lowest BCUT2D eigenvalue weighted by atomic mass is 9.92. The molecule has 0 radical (unpaired) electrons. The molecule has 1 fully saturated rings. The van der Waals surface area contributed by atoms with Crippen molar-refractivity contribution in [1.29, 1.82) is 0 Å². The molecule has 1 aliphatic heterocycles. The van der Waals surface area contributed by atoms with E-state index >= 15 is 0 Å². The van der Waals surface area contributed by atoms with E-state index in [1.807, 2.05) is 6.92 Å². The first kappa shape index (κ1) is 10.5. The quantitative estimate of drug-likeness (QED) is 0.818. The second-order valence-electron chi connectivity index (χ2n) is 4.05. The highest BCUT2D eigenvalue weighted by Gasteiger charge is 2.14. The van der Waals surface area contributed by atoms with Crippen LogP contribution in [0.5, 0.6) is 5.75 Å². The summed E-state index contributed by atoms with van der Waals surface area (Å²) >= 11 is 0. The minimum Gasteiger partial charge on any atom is -0.494 e. The molecule has 1 saturated heterocycles. The Bertz CT molecular complexity index is 288. The average molecular weight is 205 g/mol. The first-order valence-corrected chi connectivity index (χ1v) is 5.83. The molecular formula is C13H19NO. The molecule has 1 N–H and O–H groups in total. The van der Waals surface area contributed by atoms with Crippen LogP contribution in [-0.2, 0) is 0 Å². The summed E-state index contributed by atoms with van der Waals surface area (Å²) in [6.45, 7) is 5.05. The third-order valence-electron chi connectivity index (χ3n) is 2.96. The van der Waals surface area contributed by atoms with Crippen molar-refractivity contribution in [2.24, 2.45) is 0 Å². The number of benzene rings is 1. The molecule has 0 saturated carbocycles. The van der Waals surface area contributed by atoms with E-state index in [1.54, 1.807) is 0 Å². The van der Waals surface area contributed by atoms with Crippen LogP contribution < -0.4 is 10.1 Å². The van der Waals surface area contributed by atoms with Gasteiger partial charge in [-0.15, -0.1) is 0 Å². The van der Waals surface area contributed by atoms with Crippen LogP contribution >= 0.6 is 0 Å². The summed E-state index contributed by atoms with van der Waals surface area (Å²) in [6, 6.07) is 8.55. The van der Waals surface area contributed by atoms with Gasteiger partial charge in [0, 0.05) is 6.54 Å². The highest BCUT2D eigenvalue weighted by molar-refractivity contribution is 5.29. The van der Waals surface area contributed by atoms with Crippen molar-refractivity contribution < 1.29 is 4.74 Å². The van der Waals surface area contributed by atoms with Crippen molar-refractivity contribution in [2.45, 2.75) is 25.7 Å². The maximum Gasteiger partial charge on any atom is 0.119 e. The van der Waals surface area contributed by atoms with Gasteiger partial charge in [0.2, 0.25) is 0 Å². The van der Waals surface area contributed by atoms with Crippen LogP contribution in [0.3, 0.4) is 0 Å². The van der Waals surface area contributed by atoms with Gasteiger partial charge in [0.05, 0.1) is 6.61 Å². The van der Waals surface area contributed by atoms with E-state index < -0.39 is 0 Å². The van der Waals surface area contributed by atoms with Gasteiger partial charge in [-0.05, 0) is 49.9 Å². The smallest absolute Gasteiger partial charge is 0.119 e. The van der Waals surface area contributed by atoms with Crippen LogP contribution in [0, 0.1) is 0 Å². The van der Waals surface area contributed by atoms with Crippen LogP contribution in [0.1, 0.15) is 31.2 Å². The second-order valence-corrected chi connectivity index (χ2v) is 4.05. The number of piperidine rings is 1. The minimum absolute atomic E-state index is 0.689. The Morgan fingerprint density at radius 3 is 2.73 bits per heavy atom. The fourth-order valence-electron chi connectivity index (χ4n) is 2.14. The van der Waals surface area contributed by atoms with Gasteiger partial charge in [-0.25, -0.2) is 0 Å². The van der Waals surface area contributed by atoms with Crippen LogP contribution in [0.2, 0.25) is 0 Å². The zero-order valence-electron chi connectivity index (χ0n) is 9.33. The number of nitrogens with one attached hydrogen (secondary N) is 1. The summed E-state index contributed by atoms with van der Waals surface area (Å²) in [7, 11) is 0. The third-order valence-corrected chi connectivity index (χ3v) is 2.96. The van der Waals surface area contributed by atoms with Gasteiger partial charge in [-0.3, -0.25) is 0 Å². The number of rotatable bonds is 3. The monoisotopic (exact) mass is 205 g/mol. The molecule has 2 rings (SSSR count). The van der Waals surface area contributed by atoms with E-state index in [4.69, 9.17) is 4.74 Å². The van der Waals surface area contributed by atoms with Crippen LogP contribution in [-0.4, -0.2) is 19.7 Å². The van der Waals surface area contributed by atoms with Gasteiger partial charge in [0.1, 0.15) is 5.75 Å². The van der Waals surface area contributed by atoms with E-state index in [0.717, 1.165) is 18.9 Å². The Morgan fingerprint density at radius 2 is 2.13 bits per heavy atom. The molecule has 1 atom stereocenters. The Labute approximate surface area is 91.6 Å². The summed E-state index contributed by atoms with van der Waals surface area (Å²) in [4.78, 5) is 0. The molecule has 0 aliphatic carbocycles. The lowest BCUT2D eigenvalue weighted by molar-refractivity contribution is 0.340. The van der Waals surface area contributed by atoms with Gasteiger partial charge >= 0.3 is 0 Å². The topological polar surface area (TPSA) is 21.3 Å². The molecule has 15 heavy (non-hydrogen) atoms. The van der Waals surface area contributed by atoms with Crippen molar-refractivity contribution in [3.63, 3.8) is 0 Å². The summed E-state index contributed by atoms with van der Waals surface area (Å²) in [5, 5.41) is 3.44. The molecule has 1 aromatic carbocycles. The van der Waals surface area contributed by atoms with Crippen molar-refractivity contribution in [2.75, 3.05) is 19.7 Å². The minimum atomic E-state index is 0.689. The molecule has 1 unspecified atom stereocenters. The first-order chi connectivity index (χ1) is 7.40. The maximum absolute atomic E-state index is 5.43. The van der Waals surface area contributed by atoms with E-state index in [1.165, 1.54) is 24.9 Å². The lowest BCUT2D eigenvalue weighted by Crippen LogP contribution is -2.28. The van der Waals surface area contributed by atoms with E-state index in [0.29, 0.717) is 5.92 Å². The second kappa shape index (κ2) is 5.17. The summed E-state index contributed by atoms with van der Waals surface area (Å²) < 4.78 is 5.43. The summed E-state index contributed by atoms with van der Waals surface area (Å²) in [6.07, 6.45) is 2.60. The average Bonchev–Trinajstić information content (AvgIpc) is 2.32. The van der Waals surface area contributed by atoms with Crippen molar-refractivity contribution in [3.8, 4) is 5.75 Å². The van der Waals surface area contributed by atoms with E-state index in [9.17, 15) is 0 Å². The van der Waals surface area contributed by atoms with E-state index in [-0.39, 0.29) is 0 Å². The summed E-state index contributed by atoms with van der Waals surface area (Å²) in [5.74, 6) is 1.67. The molecule has 1 heterocycles. The molecule has 0 amide bonds. The first-order valence-electron chi connectivity index (χ1n) is 5.83. The Balaban J connectivity index is 2.02. The number of ether oxygens (including phenoxy) is 1. The summed E-state index contributed by atoms with van der Waals surface area (Å²) in [5.41, 5.74) is 1.44. The Morgan fingerprint density at radius 1 is 1.33 bits per heavy atom. The SMILES string of the molecule is CCOc1ccc(C2CCCNC2)cc1. The molecule has 1 aliphatic rings. The van der Waals surface area contributed by atoms with Crippen LogP contribution in [0.15, 0.2) is 24.3 Å². The zero-order chi connectivity index (χ0) is 10.5. The number of hydrogen-bond acceptors (Lipinski definition) is 2. The van der Waals surface area contributed by atoms with Gasteiger partial charge < -0.3 is 10.1 Å². The predicted molar refractivity (Wildman–Crippen MR) is 62.5 cm³/mol. The van der Waals surface area contributed by atoms with E-state index in [2.05, 4.69) is 29.6 Å². The van der Waals surface area contributed by atoms with Gasteiger partial charge in [-0.2, -0.15) is 0 Å². The Kier molecular flexibility index (Phi) is 3.62. The van der Waals surface area contributed by atoms with Crippen molar-refractivity contribution in [1.82, 2.24) is 5.32 Å². The molecule has 0 bridgehead atoms. The fraction of sp³-hybridized carbons (Fsp3) is 0.538. The largest absolute Gasteiger partial charge is 0.494 e. The molecule has 0 aromatic heterocycles. The maximum atomic E-state index is 5.43. The molecular weight excluding hydrogens is 186 g/mol. The highest BCUT2D eigenvalue weighted by atomic mass is 16.5. The third kappa shape index (κ3) is 2.72. The van der Waals surface area contributed by atoms with Crippen molar-refractivity contribution >= 4 is 0 Å². The molecule has 1 aromatic rings.